The molecule has 0 radical (unpaired) electrons. The lowest BCUT2D eigenvalue weighted by atomic mass is 9.85. The number of fused-ring (bicyclic) bond motifs is 1. The van der Waals surface area contributed by atoms with Crippen molar-refractivity contribution in [3.63, 3.8) is 0 Å². The van der Waals surface area contributed by atoms with Crippen LogP contribution in [0.5, 0.6) is 0 Å². The molecule has 73 heavy (non-hydrogen) atoms. The van der Waals surface area contributed by atoms with E-state index < -0.39 is 23.4 Å². The van der Waals surface area contributed by atoms with Crippen LogP contribution in [-0.4, -0.2) is 148 Å². The summed E-state index contributed by atoms with van der Waals surface area (Å²) in [7, 11) is 0. The molecule has 394 valence electrons. The summed E-state index contributed by atoms with van der Waals surface area (Å²) in [4.78, 5) is 56.4. The number of amides is 3. The number of likely N-dealkylation sites (tertiary alicyclic amines) is 1. The smallest absolute Gasteiger partial charge is 0.246 e. The van der Waals surface area contributed by atoms with Crippen molar-refractivity contribution < 1.29 is 47.9 Å². The van der Waals surface area contributed by atoms with Crippen LogP contribution >= 0.6 is 11.3 Å². The molecule has 0 spiro atoms. The van der Waals surface area contributed by atoms with Gasteiger partial charge in [0.05, 0.1) is 94.1 Å². The van der Waals surface area contributed by atoms with Crippen LogP contribution in [0.4, 0.5) is 0 Å². The Bertz CT molecular complexity index is 2460. The van der Waals surface area contributed by atoms with E-state index in [1.165, 1.54) is 11.8 Å². The van der Waals surface area contributed by atoms with Gasteiger partial charge in [0.15, 0.2) is 0 Å². The number of nitrogens with one attached hydrogen (secondary N) is 2. The number of aliphatic imine (C=N–C) groups is 1. The minimum Gasteiger partial charge on any atom is -0.515 e. The molecule has 18 heteroatoms. The minimum absolute atomic E-state index is 0.192. The molecular formula is C55H73N7O10S. The van der Waals surface area contributed by atoms with Gasteiger partial charge in [0.2, 0.25) is 17.7 Å². The summed E-state index contributed by atoms with van der Waals surface area (Å²) in [5.74, 6) is -0.912. The van der Waals surface area contributed by atoms with E-state index in [0.717, 1.165) is 74.5 Å². The average molecular weight is 1020 g/mol. The zero-order valence-corrected chi connectivity index (χ0v) is 43.6. The third kappa shape index (κ3) is 17.4. The van der Waals surface area contributed by atoms with E-state index in [2.05, 4.69) is 26.7 Å². The number of hydrogen-bond donors (Lipinski definition) is 4. The summed E-state index contributed by atoms with van der Waals surface area (Å²) in [5, 5.41) is 15.5. The predicted molar refractivity (Wildman–Crippen MR) is 283 cm³/mol. The van der Waals surface area contributed by atoms with Gasteiger partial charge in [-0.2, -0.15) is 0 Å². The fraction of sp³-hybridized carbons (Fsp3) is 0.491. The number of thiazole rings is 1. The number of benzene rings is 2. The number of aromatic nitrogens is 2. The molecule has 6 rings (SSSR count). The predicted octanol–water partition coefficient (Wildman–Crippen LogP) is 6.48. The number of hydrogen-bond acceptors (Lipinski definition) is 15. The average Bonchev–Trinajstić information content (AvgIpc) is 4.17. The van der Waals surface area contributed by atoms with Crippen LogP contribution in [0.3, 0.4) is 0 Å². The minimum atomic E-state index is -0.842. The van der Waals surface area contributed by atoms with Crippen LogP contribution in [0.25, 0.3) is 21.6 Å². The Hall–Kier alpha value is -5.86. The molecule has 17 nitrogen and oxygen atoms in total. The van der Waals surface area contributed by atoms with Gasteiger partial charge in [-0.3, -0.25) is 24.4 Å². The van der Waals surface area contributed by atoms with Gasteiger partial charge in [-0.25, -0.2) is 4.98 Å². The van der Waals surface area contributed by atoms with E-state index in [9.17, 15) is 19.5 Å². The van der Waals surface area contributed by atoms with Crippen molar-refractivity contribution in [2.45, 2.75) is 78.4 Å². The quantitative estimate of drug-likeness (QED) is 0.0250. The van der Waals surface area contributed by atoms with Gasteiger partial charge in [0.25, 0.3) is 0 Å². The Morgan fingerprint density at radius 1 is 0.863 bits per heavy atom. The van der Waals surface area contributed by atoms with E-state index >= 15 is 0 Å². The number of aryl methyl sites for hydroxylation is 2. The topological polar surface area (TPSA) is 218 Å². The monoisotopic (exact) mass is 1020 g/mol. The van der Waals surface area contributed by atoms with Gasteiger partial charge in [-0.1, -0.05) is 63.2 Å². The van der Waals surface area contributed by atoms with Crippen molar-refractivity contribution in [3.05, 3.63) is 118 Å². The maximum absolute atomic E-state index is 13.9. The van der Waals surface area contributed by atoms with Crippen molar-refractivity contribution in [2.24, 2.45) is 16.1 Å². The third-order valence-electron chi connectivity index (χ3n) is 12.5. The number of carbonyl (C=O) groups is 3. The number of carbonyl (C=O) groups excluding carboxylic acids is 3. The number of ether oxygens (including phenoxy) is 6. The van der Waals surface area contributed by atoms with E-state index in [0.29, 0.717) is 91.9 Å². The lowest BCUT2D eigenvalue weighted by molar-refractivity contribution is -0.144. The maximum atomic E-state index is 13.9. The maximum Gasteiger partial charge on any atom is 0.246 e. The van der Waals surface area contributed by atoms with Crippen LogP contribution in [0.2, 0.25) is 0 Å². The Labute approximate surface area is 433 Å². The van der Waals surface area contributed by atoms with E-state index in [-0.39, 0.29) is 31.6 Å². The van der Waals surface area contributed by atoms with Crippen LogP contribution in [0.15, 0.2) is 90.0 Å². The first-order valence-electron chi connectivity index (χ1n) is 25.2. The Kier molecular flexibility index (Phi) is 23.0. The van der Waals surface area contributed by atoms with Crippen molar-refractivity contribution in [1.82, 2.24) is 25.5 Å². The fourth-order valence-electron chi connectivity index (χ4n) is 8.58. The molecule has 1 aliphatic heterocycles. The second-order valence-electron chi connectivity index (χ2n) is 18.8. The number of pyridine rings is 1. The van der Waals surface area contributed by atoms with E-state index in [4.69, 9.17) is 39.1 Å². The summed E-state index contributed by atoms with van der Waals surface area (Å²) in [6.07, 6.45) is 9.95. The standard InChI is InChI=1S/C55H73N7O10S/c1-39-51(73-38-60-39)42-10-8-40(9-11-42)35-59-53(65)48-7-5-21-62(48)54(66)52(55(2,3)4)61-49(64)37-72-32-31-71-30-29-70-28-27-69-26-25-68-24-23-67-22-6-18-58-50(41-16-19-57-20-17-41)47(34-56)44-14-15-46-43(33-44)12-13-45(46)36-63/h8-11,14-17,19-20,33-34,36,38,48,52,63H,5-7,12-13,18,21-32,35,37,56H2,1-4H3,(H,59,65)(H,61,64)/b45-36+,47-34?,58-50?/t48-,52+/m0/s1. The van der Waals surface area contributed by atoms with Crippen LogP contribution in [-0.2, 0) is 55.8 Å². The summed E-state index contributed by atoms with van der Waals surface area (Å²) >= 11 is 1.59. The number of nitrogens with two attached hydrogens (primary N) is 1. The molecule has 5 N–H and O–H groups in total. The summed E-state index contributed by atoms with van der Waals surface area (Å²) in [6, 6.07) is 16.6. The van der Waals surface area contributed by atoms with E-state index in [1.807, 2.05) is 81.7 Å². The normalized spacial score (nSPS) is 16.0. The van der Waals surface area contributed by atoms with Gasteiger partial charge in [-0.05, 0) is 90.0 Å². The highest BCUT2D eigenvalue weighted by Crippen LogP contribution is 2.34. The molecule has 1 saturated heterocycles. The lowest BCUT2D eigenvalue weighted by Crippen LogP contribution is -2.58. The summed E-state index contributed by atoms with van der Waals surface area (Å²) in [6.45, 7) is 13.1. The molecule has 1 fully saturated rings. The number of nitrogens with zero attached hydrogens (tertiary/aromatic N) is 4. The second kappa shape index (κ2) is 29.7. The van der Waals surface area contributed by atoms with Crippen LogP contribution in [0, 0.1) is 12.3 Å². The molecule has 2 atom stereocenters. The molecule has 2 aliphatic rings. The molecule has 0 unspecified atom stereocenters. The van der Waals surface area contributed by atoms with Crippen molar-refractivity contribution in [1.29, 1.82) is 0 Å². The first-order valence-corrected chi connectivity index (χ1v) is 26.0. The SMILES string of the molecule is Cc1ncsc1-c1ccc(CNC(=O)[C@@H]2CCCN2C(=O)[C@@H](NC(=O)COCCOCCOCCOCCOCCOCCCN=C(C(=CN)c2ccc3c(c2)CC/C3=C\O)c2ccncc2)C(C)(C)C)cc1. The van der Waals surface area contributed by atoms with Crippen LogP contribution in [0.1, 0.15) is 80.0 Å². The first-order chi connectivity index (χ1) is 35.5. The van der Waals surface area contributed by atoms with Gasteiger partial charge in [0.1, 0.15) is 18.7 Å². The number of aliphatic hydroxyl groups excluding tert-OH is 1. The Morgan fingerprint density at radius 3 is 2.11 bits per heavy atom. The fourth-order valence-corrected chi connectivity index (χ4v) is 9.39. The van der Waals surface area contributed by atoms with Gasteiger partial charge < -0.3 is 54.8 Å². The zero-order chi connectivity index (χ0) is 51.8. The van der Waals surface area contributed by atoms with Gasteiger partial charge in [0, 0.05) is 56.0 Å². The molecule has 3 heterocycles. The highest BCUT2D eigenvalue weighted by atomic mass is 32.1. The molecule has 1 aliphatic carbocycles. The number of allylic oxidation sites excluding steroid dienone is 2. The molecule has 0 saturated carbocycles. The molecule has 4 aromatic rings. The molecule has 2 aromatic heterocycles. The number of rotatable bonds is 30. The third-order valence-corrected chi connectivity index (χ3v) is 13.4. The van der Waals surface area contributed by atoms with Crippen molar-refractivity contribution >= 4 is 45.9 Å². The Morgan fingerprint density at radius 2 is 1.51 bits per heavy atom. The zero-order valence-electron chi connectivity index (χ0n) is 42.8. The molecule has 2 aromatic carbocycles. The van der Waals surface area contributed by atoms with Crippen molar-refractivity contribution in [3.8, 4) is 10.4 Å². The Balaban J connectivity index is 0.753. The second-order valence-corrected chi connectivity index (χ2v) is 19.6. The number of aliphatic hydroxyl groups is 1. The summed E-state index contributed by atoms with van der Waals surface area (Å²) in [5.41, 5.74) is 17.2. The van der Waals surface area contributed by atoms with Crippen molar-refractivity contribution in [2.75, 3.05) is 92.4 Å². The first kappa shape index (κ1) is 56.4. The van der Waals surface area contributed by atoms with Crippen LogP contribution < -0.4 is 16.4 Å². The highest BCUT2D eigenvalue weighted by molar-refractivity contribution is 7.13. The van der Waals surface area contributed by atoms with Gasteiger partial charge >= 0.3 is 0 Å². The largest absolute Gasteiger partial charge is 0.515 e. The molecular weight excluding hydrogens is 951 g/mol. The van der Waals surface area contributed by atoms with Gasteiger partial charge in [-0.15, -0.1) is 11.3 Å². The summed E-state index contributed by atoms with van der Waals surface area (Å²) < 4.78 is 33.7. The molecule has 3 amide bonds. The highest BCUT2D eigenvalue weighted by Gasteiger charge is 2.42. The van der Waals surface area contributed by atoms with E-state index in [1.54, 1.807) is 34.8 Å². The molecule has 0 bridgehead atoms. The lowest BCUT2D eigenvalue weighted by Gasteiger charge is -2.35.